The highest BCUT2D eigenvalue weighted by atomic mass is 127. The average Bonchev–Trinajstić information content (AvgIpc) is 1.83. The van der Waals surface area contributed by atoms with Crippen molar-refractivity contribution >= 4 is 24.0 Å². The fourth-order valence-electron chi connectivity index (χ4n) is 0.757. The van der Waals surface area contributed by atoms with Crippen molar-refractivity contribution < 1.29 is 0 Å². The summed E-state index contributed by atoms with van der Waals surface area (Å²) in [6, 6.07) is 0. The second kappa shape index (κ2) is 8.73. The Kier molecular flexibility index (Phi) is 12.0. The van der Waals surface area contributed by atoms with Crippen LogP contribution >= 0.6 is 24.0 Å². The minimum Gasteiger partial charge on any atom is -0.107 e. The van der Waals surface area contributed by atoms with Crippen molar-refractivity contribution in [1.29, 1.82) is 0 Å². The first-order valence-corrected chi connectivity index (χ1v) is 3.81. The molecule has 0 bridgehead atoms. The molecule has 1 atom stereocenters. The molecule has 0 aromatic carbocycles. The van der Waals surface area contributed by atoms with Crippen LogP contribution in [-0.4, -0.2) is 0 Å². The van der Waals surface area contributed by atoms with Crippen LogP contribution in [0.4, 0.5) is 0 Å². The molecule has 0 fully saturated rings. The van der Waals surface area contributed by atoms with E-state index in [9.17, 15) is 0 Å². The predicted molar refractivity (Wildman–Crippen MR) is 54.4 cm³/mol. The van der Waals surface area contributed by atoms with Crippen LogP contribution in [0, 0.1) is 5.92 Å². The van der Waals surface area contributed by atoms with Crippen molar-refractivity contribution in [2.75, 3.05) is 0 Å². The minimum atomic E-state index is 0. The molecule has 0 aromatic rings. The summed E-state index contributed by atoms with van der Waals surface area (Å²) in [7, 11) is 0. The highest BCUT2D eigenvalue weighted by Gasteiger charge is 1.94. The first-order valence-electron chi connectivity index (χ1n) is 3.81. The van der Waals surface area contributed by atoms with E-state index in [2.05, 4.69) is 20.8 Å². The summed E-state index contributed by atoms with van der Waals surface area (Å²) in [6.45, 7) is 6.85. The molecule has 9 heavy (non-hydrogen) atoms. The largest absolute Gasteiger partial charge is 0.107 e. The first kappa shape index (κ1) is 12.4. The standard InChI is InChI=1S/C8H18.HI/c1-4-6-7-8(3)5-2;/h8H,4-7H2,1-3H3;1H. The number of unbranched alkanes of at least 4 members (excludes halogenated alkanes) is 1. The van der Waals surface area contributed by atoms with Crippen LogP contribution in [0.25, 0.3) is 0 Å². The maximum absolute atomic E-state index is 2.33. The van der Waals surface area contributed by atoms with Gasteiger partial charge in [0.1, 0.15) is 0 Å². The summed E-state index contributed by atoms with van der Waals surface area (Å²) >= 11 is 0. The zero-order valence-electron chi connectivity index (χ0n) is 6.81. The average molecular weight is 242 g/mol. The predicted octanol–water partition coefficient (Wildman–Crippen LogP) is 3.84. The molecular weight excluding hydrogens is 223 g/mol. The van der Waals surface area contributed by atoms with Crippen LogP contribution in [0.2, 0.25) is 0 Å². The molecular formula is C8H19I. The summed E-state index contributed by atoms with van der Waals surface area (Å²) < 4.78 is 0. The van der Waals surface area contributed by atoms with Crippen molar-refractivity contribution in [3.63, 3.8) is 0 Å². The zero-order valence-corrected chi connectivity index (χ0v) is 9.14. The third-order valence-electron chi connectivity index (χ3n) is 1.75. The first-order chi connectivity index (χ1) is 3.81. The van der Waals surface area contributed by atoms with E-state index in [0.717, 1.165) is 5.92 Å². The van der Waals surface area contributed by atoms with Gasteiger partial charge in [0.2, 0.25) is 0 Å². The zero-order chi connectivity index (χ0) is 6.41. The smallest absolute Gasteiger partial charge is 0.0445 e. The maximum atomic E-state index is 2.33. The van der Waals surface area contributed by atoms with Gasteiger partial charge in [0.15, 0.2) is 0 Å². The monoisotopic (exact) mass is 242 g/mol. The van der Waals surface area contributed by atoms with Gasteiger partial charge in [-0.2, -0.15) is 0 Å². The number of hydrogen-bond acceptors (Lipinski definition) is 0. The van der Waals surface area contributed by atoms with Crippen molar-refractivity contribution in [3.05, 3.63) is 0 Å². The summed E-state index contributed by atoms with van der Waals surface area (Å²) in [6.07, 6.45) is 5.53. The van der Waals surface area contributed by atoms with E-state index in [4.69, 9.17) is 0 Å². The third kappa shape index (κ3) is 8.73. The highest BCUT2D eigenvalue weighted by Crippen LogP contribution is 2.09. The van der Waals surface area contributed by atoms with Gasteiger partial charge in [0.05, 0.1) is 0 Å². The van der Waals surface area contributed by atoms with Crippen molar-refractivity contribution in [2.24, 2.45) is 5.92 Å². The lowest BCUT2D eigenvalue weighted by atomic mass is 10.0. The fourth-order valence-corrected chi connectivity index (χ4v) is 0.757. The summed E-state index contributed by atoms with van der Waals surface area (Å²) in [5.74, 6) is 0.954. The van der Waals surface area contributed by atoms with Crippen LogP contribution < -0.4 is 0 Å². The second-order valence-electron chi connectivity index (χ2n) is 2.66. The molecule has 0 saturated carbocycles. The summed E-state index contributed by atoms with van der Waals surface area (Å²) in [4.78, 5) is 0. The van der Waals surface area contributed by atoms with Gasteiger partial charge in [-0.1, -0.05) is 46.5 Å². The molecule has 58 valence electrons. The minimum absolute atomic E-state index is 0. The normalized spacial score (nSPS) is 12.3. The van der Waals surface area contributed by atoms with E-state index in [1.807, 2.05) is 0 Å². The number of halogens is 1. The van der Waals surface area contributed by atoms with Gasteiger partial charge < -0.3 is 0 Å². The van der Waals surface area contributed by atoms with Crippen molar-refractivity contribution in [2.45, 2.75) is 46.5 Å². The Balaban J connectivity index is 0. The molecule has 1 heteroatoms. The Morgan fingerprint density at radius 1 is 1.22 bits per heavy atom. The Morgan fingerprint density at radius 2 is 1.78 bits per heavy atom. The Morgan fingerprint density at radius 3 is 2.11 bits per heavy atom. The lowest BCUT2D eigenvalue weighted by Gasteiger charge is -2.04. The molecule has 0 N–H and O–H groups in total. The molecule has 1 unspecified atom stereocenters. The van der Waals surface area contributed by atoms with Gasteiger partial charge in [-0.3, -0.25) is 0 Å². The Labute approximate surface area is 76.4 Å². The fraction of sp³-hybridized carbons (Fsp3) is 1.00. The molecule has 0 spiro atoms. The van der Waals surface area contributed by atoms with Gasteiger partial charge in [-0.25, -0.2) is 0 Å². The molecule has 0 aliphatic heterocycles. The van der Waals surface area contributed by atoms with Crippen LogP contribution in [-0.2, 0) is 0 Å². The second-order valence-corrected chi connectivity index (χ2v) is 2.66. The molecule has 0 aliphatic rings. The molecule has 0 amide bonds. The number of rotatable bonds is 4. The van der Waals surface area contributed by atoms with Gasteiger partial charge >= 0.3 is 0 Å². The van der Waals surface area contributed by atoms with Crippen molar-refractivity contribution in [1.82, 2.24) is 0 Å². The molecule has 0 nitrogen and oxygen atoms in total. The number of hydrogen-bond donors (Lipinski definition) is 0. The van der Waals surface area contributed by atoms with E-state index < -0.39 is 0 Å². The van der Waals surface area contributed by atoms with E-state index in [-0.39, 0.29) is 24.0 Å². The van der Waals surface area contributed by atoms with Crippen LogP contribution in [0.15, 0.2) is 0 Å². The van der Waals surface area contributed by atoms with Gasteiger partial charge in [0, 0.05) is 0 Å². The lowest BCUT2D eigenvalue weighted by molar-refractivity contribution is 0.492. The molecule has 0 aliphatic carbocycles. The quantitative estimate of drug-likeness (QED) is 0.657. The summed E-state index contributed by atoms with van der Waals surface area (Å²) in [5, 5.41) is 0. The van der Waals surface area contributed by atoms with Gasteiger partial charge in [0.25, 0.3) is 0 Å². The topological polar surface area (TPSA) is 0 Å². The van der Waals surface area contributed by atoms with E-state index in [1.54, 1.807) is 0 Å². The third-order valence-corrected chi connectivity index (χ3v) is 1.75. The highest BCUT2D eigenvalue weighted by molar-refractivity contribution is 14.0. The lowest BCUT2D eigenvalue weighted by Crippen LogP contribution is -1.89. The van der Waals surface area contributed by atoms with E-state index in [0.29, 0.717) is 0 Å². The van der Waals surface area contributed by atoms with E-state index in [1.165, 1.54) is 25.7 Å². The summed E-state index contributed by atoms with van der Waals surface area (Å²) in [5.41, 5.74) is 0. The van der Waals surface area contributed by atoms with Crippen LogP contribution in [0.5, 0.6) is 0 Å². The molecule has 0 aromatic heterocycles. The molecule has 0 saturated heterocycles. The Bertz CT molecular complexity index is 43.8. The SMILES string of the molecule is CCCCC(C)CC.I. The van der Waals surface area contributed by atoms with Crippen LogP contribution in [0.3, 0.4) is 0 Å². The van der Waals surface area contributed by atoms with Crippen molar-refractivity contribution in [3.8, 4) is 0 Å². The van der Waals surface area contributed by atoms with E-state index >= 15 is 0 Å². The molecule has 0 rings (SSSR count). The Hall–Kier alpha value is 0.730. The van der Waals surface area contributed by atoms with Crippen LogP contribution in [0.1, 0.15) is 46.5 Å². The molecule has 0 radical (unpaired) electrons. The van der Waals surface area contributed by atoms with Gasteiger partial charge in [-0.05, 0) is 5.92 Å². The molecule has 0 heterocycles. The maximum Gasteiger partial charge on any atom is -0.0445 e. The van der Waals surface area contributed by atoms with Gasteiger partial charge in [-0.15, -0.1) is 24.0 Å².